The van der Waals surface area contributed by atoms with Crippen LogP contribution in [0.25, 0.3) is 10.2 Å². The van der Waals surface area contributed by atoms with Gasteiger partial charge in [-0.2, -0.15) is 0 Å². The third-order valence-electron chi connectivity index (χ3n) is 3.21. The quantitative estimate of drug-likeness (QED) is 0.744. The first-order valence-corrected chi connectivity index (χ1v) is 8.30. The molecule has 0 aliphatic carbocycles. The fraction of sp³-hybridized carbons (Fsp3) is 0.188. The maximum atomic E-state index is 11.8. The van der Waals surface area contributed by atoms with Crippen LogP contribution in [0.4, 0.5) is 0 Å². The second-order valence-electron chi connectivity index (χ2n) is 4.83. The molecule has 23 heavy (non-hydrogen) atoms. The van der Waals surface area contributed by atoms with E-state index in [2.05, 4.69) is 15.3 Å². The lowest BCUT2D eigenvalue weighted by molar-refractivity contribution is -0.123. The highest BCUT2D eigenvalue weighted by atomic mass is 35.5. The highest BCUT2D eigenvalue weighted by Crippen LogP contribution is 2.25. The van der Waals surface area contributed by atoms with Crippen molar-refractivity contribution in [3.63, 3.8) is 0 Å². The highest BCUT2D eigenvalue weighted by molar-refractivity contribution is 7.16. The molecule has 0 bridgehead atoms. The van der Waals surface area contributed by atoms with Crippen molar-refractivity contribution in [3.8, 4) is 5.88 Å². The molecule has 5 nitrogen and oxygen atoms in total. The van der Waals surface area contributed by atoms with Crippen molar-refractivity contribution >= 4 is 39.1 Å². The van der Waals surface area contributed by atoms with Crippen LogP contribution in [0, 0.1) is 0 Å². The van der Waals surface area contributed by atoms with Crippen LogP contribution >= 0.6 is 22.9 Å². The number of amides is 1. The summed E-state index contributed by atoms with van der Waals surface area (Å²) in [6, 6.07) is 9.44. The van der Waals surface area contributed by atoms with Gasteiger partial charge in [0.25, 0.3) is 5.91 Å². The van der Waals surface area contributed by atoms with Gasteiger partial charge in [-0.3, -0.25) is 4.79 Å². The Morgan fingerprint density at radius 3 is 2.87 bits per heavy atom. The van der Waals surface area contributed by atoms with E-state index in [0.717, 1.165) is 22.2 Å². The molecule has 3 aromatic rings. The SMILES string of the molecule is O=C(COc1ncnc2sccc12)NCCc1ccc(Cl)cc1. The van der Waals surface area contributed by atoms with Crippen molar-refractivity contribution in [1.29, 1.82) is 0 Å². The number of nitrogens with one attached hydrogen (secondary N) is 1. The van der Waals surface area contributed by atoms with Gasteiger partial charge < -0.3 is 10.1 Å². The second kappa shape index (κ2) is 7.39. The number of aromatic nitrogens is 2. The third-order valence-corrected chi connectivity index (χ3v) is 4.29. The first kappa shape index (κ1) is 15.7. The summed E-state index contributed by atoms with van der Waals surface area (Å²) in [6.45, 7) is 0.476. The molecule has 0 fully saturated rings. The van der Waals surface area contributed by atoms with E-state index in [-0.39, 0.29) is 12.5 Å². The summed E-state index contributed by atoms with van der Waals surface area (Å²) < 4.78 is 5.48. The number of fused-ring (bicyclic) bond motifs is 1. The van der Waals surface area contributed by atoms with Crippen LogP contribution < -0.4 is 10.1 Å². The van der Waals surface area contributed by atoms with Gasteiger partial charge in [-0.1, -0.05) is 23.7 Å². The molecular formula is C16H14ClN3O2S. The number of hydrogen-bond donors (Lipinski definition) is 1. The van der Waals surface area contributed by atoms with E-state index < -0.39 is 0 Å². The molecule has 0 aliphatic heterocycles. The fourth-order valence-corrected chi connectivity index (χ4v) is 2.91. The Kier molecular flexibility index (Phi) is 5.05. The van der Waals surface area contributed by atoms with Gasteiger partial charge in [0, 0.05) is 11.6 Å². The van der Waals surface area contributed by atoms with Crippen LogP contribution in [0.3, 0.4) is 0 Å². The molecule has 0 saturated heterocycles. The third kappa shape index (κ3) is 4.18. The van der Waals surface area contributed by atoms with Crippen LogP contribution in [0.1, 0.15) is 5.56 Å². The van der Waals surface area contributed by atoms with Gasteiger partial charge in [0.15, 0.2) is 6.61 Å². The Morgan fingerprint density at radius 2 is 2.04 bits per heavy atom. The monoisotopic (exact) mass is 347 g/mol. The lowest BCUT2D eigenvalue weighted by Crippen LogP contribution is -2.30. The van der Waals surface area contributed by atoms with Crippen LogP contribution in [0.5, 0.6) is 5.88 Å². The van der Waals surface area contributed by atoms with Gasteiger partial charge in [0.1, 0.15) is 11.2 Å². The summed E-state index contributed by atoms with van der Waals surface area (Å²) in [5, 5.41) is 6.27. The van der Waals surface area contributed by atoms with E-state index >= 15 is 0 Å². The van der Waals surface area contributed by atoms with Crippen molar-refractivity contribution in [1.82, 2.24) is 15.3 Å². The maximum Gasteiger partial charge on any atom is 0.258 e. The predicted molar refractivity (Wildman–Crippen MR) is 91.1 cm³/mol. The normalized spacial score (nSPS) is 10.7. The van der Waals surface area contributed by atoms with Crippen LogP contribution in [-0.4, -0.2) is 29.0 Å². The number of halogens is 1. The zero-order valence-electron chi connectivity index (χ0n) is 12.2. The number of nitrogens with zero attached hydrogens (tertiary/aromatic N) is 2. The van der Waals surface area contributed by atoms with Crippen molar-refractivity contribution in [2.45, 2.75) is 6.42 Å². The van der Waals surface area contributed by atoms with Crippen molar-refractivity contribution in [2.24, 2.45) is 0 Å². The molecule has 1 aromatic carbocycles. The molecule has 0 aliphatic rings. The average Bonchev–Trinajstić information content (AvgIpc) is 3.04. The minimum Gasteiger partial charge on any atom is -0.467 e. The summed E-state index contributed by atoms with van der Waals surface area (Å²) in [5.74, 6) is 0.255. The molecule has 1 amide bonds. The zero-order valence-corrected chi connectivity index (χ0v) is 13.7. The van der Waals surface area contributed by atoms with Crippen LogP contribution in [0.15, 0.2) is 42.0 Å². The Hall–Kier alpha value is -2.18. The van der Waals surface area contributed by atoms with Gasteiger partial charge in [0.2, 0.25) is 5.88 Å². The molecule has 7 heteroatoms. The standard InChI is InChI=1S/C16H14ClN3O2S/c17-12-3-1-11(2-4-12)5-7-18-14(21)9-22-15-13-6-8-23-16(13)20-10-19-15/h1-4,6,8,10H,5,7,9H2,(H,18,21). The summed E-state index contributed by atoms with van der Waals surface area (Å²) in [5.41, 5.74) is 1.12. The molecule has 1 N–H and O–H groups in total. The minimum absolute atomic E-state index is 0.0669. The van der Waals surface area contributed by atoms with Crippen molar-refractivity contribution < 1.29 is 9.53 Å². The zero-order chi connectivity index (χ0) is 16.1. The molecule has 0 spiro atoms. The largest absolute Gasteiger partial charge is 0.467 e. The van der Waals surface area contributed by atoms with Crippen LogP contribution in [0.2, 0.25) is 5.02 Å². The van der Waals surface area contributed by atoms with E-state index in [1.54, 1.807) is 0 Å². The summed E-state index contributed by atoms with van der Waals surface area (Å²) >= 11 is 7.34. The molecule has 0 radical (unpaired) electrons. The van der Waals surface area contributed by atoms with Gasteiger partial charge >= 0.3 is 0 Å². The summed E-state index contributed by atoms with van der Waals surface area (Å²) in [4.78, 5) is 20.9. The second-order valence-corrected chi connectivity index (χ2v) is 6.16. The van der Waals surface area contributed by atoms with Gasteiger partial charge in [-0.25, -0.2) is 9.97 Å². The number of rotatable bonds is 6. The molecule has 0 saturated carbocycles. The van der Waals surface area contributed by atoms with Gasteiger partial charge in [-0.15, -0.1) is 11.3 Å². The molecule has 2 aromatic heterocycles. The first-order chi connectivity index (χ1) is 11.2. The Labute approximate surface area is 142 Å². The smallest absolute Gasteiger partial charge is 0.258 e. The first-order valence-electron chi connectivity index (χ1n) is 7.04. The average molecular weight is 348 g/mol. The van der Waals surface area contributed by atoms with E-state index in [1.165, 1.54) is 17.7 Å². The minimum atomic E-state index is -0.180. The van der Waals surface area contributed by atoms with Gasteiger partial charge in [0.05, 0.1) is 5.39 Å². The maximum absolute atomic E-state index is 11.8. The number of carbonyl (C=O) groups excluding carboxylic acids is 1. The fourth-order valence-electron chi connectivity index (χ4n) is 2.06. The van der Waals surface area contributed by atoms with E-state index in [1.807, 2.05) is 35.7 Å². The number of benzene rings is 1. The molecule has 0 unspecified atom stereocenters. The summed E-state index contributed by atoms with van der Waals surface area (Å²) in [6.07, 6.45) is 2.18. The van der Waals surface area contributed by atoms with Crippen LogP contribution in [-0.2, 0) is 11.2 Å². The van der Waals surface area contributed by atoms with Crippen molar-refractivity contribution in [2.75, 3.05) is 13.2 Å². The molecule has 2 heterocycles. The molecule has 0 atom stereocenters. The number of thiophene rings is 1. The Morgan fingerprint density at radius 1 is 1.22 bits per heavy atom. The topological polar surface area (TPSA) is 64.1 Å². The Bertz CT molecular complexity index is 804. The number of ether oxygens (including phenoxy) is 1. The van der Waals surface area contributed by atoms with E-state index in [9.17, 15) is 4.79 Å². The lowest BCUT2D eigenvalue weighted by atomic mass is 10.1. The van der Waals surface area contributed by atoms with E-state index in [0.29, 0.717) is 17.4 Å². The molecule has 118 valence electrons. The Balaban J connectivity index is 1.46. The highest BCUT2D eigenvalue weighted by Gasteiger charge is 2.08. The summed E-state index contributed by atoms with van der Waals surface area (Å²) in [7, 11) is 0. The number of carbonyl (C=O) groups is 1. The van der Waals surface area contributed by atoms with E-state index in [4.69, 9.17) is 16.3 Å². The lowest BCUT2D eigenvalue weighted by Gasteiger charge is -2.07. The van der Waals surface area contributed by atoms with Crippen molar-refractivity contribution in [3.05, 3.63) is 52.6 Å². The molecular weight excluding hydrogens is 334 g/mol. The predicted octanol–water partition coefficient (Wildman–Crippen LogP) is 3.08. The van der Waals surface area contributed by atoms with Gasteiger partial charge in [-0.05, 0) is 35.6 Å². The number of hydrogen-bond acceptors (Lipinski definition) is 5. The molecule has 3 rings (SSSR count).